The molecular formula is C21H21F3N6O2. The van der Waals surface area contributed by atoms with E-state index in [1.54, 1.807) is 31.3 Å². The lowest BCUT2D eigenvalue weighted by molar-refractivity contribution is -0.137. The molecule has 0 bridgehead atoms. The number of aromatic amines is 1. The van der Waals surface area contributed by atoms with Crippen molar-refractivity contribution in [1.29, 1.82) is 0 Å². The minimum atomic E-state index is -4.43. The van der Waals surface area contributed by atoms with Crippen LogP contribution in [0.3, 0.4) is 0 Å². The van der Waals surface area contributed by atoms with Gasteiger partial charge in [-0.15, -0.1) is 0 Å². The van der Waals surface area contributed by atoms with Gasteiger partial charge in [0.05, 0.1) is 12.0 Å². The number of rotatable bonds is 8. The molecule has 3 aromatic rings. The summed E-state index contributed by atoms with van der Waals surface area (Å²) in [6.45, 7) is 2.38. The average molecular weight is 446 g/mol. The van der Waals surface area contributed by atoms with Crippen LogP contribution < -0.4 is 16.2 Å². The second kappa shape index (κ2) is 10.0. The maximum absolute atomic E-state index is 12.5. The lowest BCUT2D eigenvalue weighted by Crippen LogP contribution is -2.30. The van der Waals surface area contributed by atoms with Crippen LogP contribution in [0.2, 0.25) is 0 Å². The Morgan fingerprint density at radius 2 is 1.94 bits per heavy atom. The number of hydrogen-bond donors (Lipinski definition) is 3. The molecule has 0 unspecified atom stereocenters. The van der Waals surface area contributed by atoms with Gasteiger partial charge < -0.3 is 15.6 Å². The molecule has 0 aliphatic carbocycles. The number of aryl methyl sites for hydroxylation is 1. The quantitative estimate of drug-likeness (QED) is 0.459. The number of nitrogens with one attached hydrogen (secondary N) is 3. The SMILES string of the molecule is Cc1nc(-c2ccccn2)[nH]c(=O)c1CC(=O)NCCCNc1ccc(C(F)(F)F)cn1. The molecule has 1 amide bonds. The summed E-state index contributed by atoms with van der Waals surface area (Å²) in [6, 6.07) is 7.45. The smallest absolute Gasteiger partial charge is 0.370 e. The van der Waals surface area contributed by atoms with Crippen LogP contribution in [0, 0.1) is 6.92 Å². The molecule has 8 nitrogen and oxygen atoms in total. The lowest BCUT2D eigenvalue weighted by Gasteiger charge is -2.10. The van der Waals surface area contributed by atoms with Crippen molar-refractivity contribution >= 4 is 11.7 Å². The minimum absolute atomic E-state index is 0.120. The van der Waals surface area contributed by atoms with E-state index in [0.717, 1.165) is 12.3 Å². The number of halogens is 3. The molecule has 0 atom stereocenters. The van der Waals surface area contributed by atoms with Gasteiger partial charge >= 0.3 is 6.18 Å². The van der Waals surface area contributed by atoms with Gasteiger partial charge in [-0.25, -0.2) is 9.97 Å². The molecule has 11 heteroatoms. The highest BCUT2D eigenvalue weighted by molar-refractivity contribution is 5.78. The molecule has 0 fully saturated rings. The highest BCUT2D eigenvalue weighted by Gasteiger charge is 2.30. The van der Waals surface area contributed by atoms with Crippen molar-refractivity contribution in [1.82, 2.24) is 25.3 Å². The fraction of sp³-hybridized carbons (Fsp3) is 0.286. The Balaban J connectivity index is 1.46. The predicted molar refractivity (Wildman–Crippen MR) is 112 cm³/mol. The minimum Gasteiger partial charge on any atom is -0.370 e. The fourth-order valence-electron chi connectivity index (χ4n) is 2.86. The summed E-state index contributed by atoms with van der Waals surface area (Å²) >= 11 is 0. The third kappa shape index (κ3) is 6.13. The number of alkyl halides is 3. The third-order valence-electron chi connectivity index (χ3n) is 4.54. The average Bonchev–Trinajstić information content (AvgIpc) is 2.76. The van der Waals surface area contributed by atoms with Crippen LogP contribution in [0.25, 0.3) is 11.5 Å². The van der Waals surface area contributed by atoms with E-state index in [0.29, 0.717) is 42.5 Å². The van der Waals surface area contributed by atoms with E-state index in [1.807, 2.05) is 0 Å². The molecule has 0 aromatic carbocycles. The first-order valence-electron chi connectivity index (χ1n) is 9.79. The van der Waals surface area contributed by atoms with Crippen LogP contribution in [-0.2, 0) is 17.4 Å². The van der Waals surface area contributed by atoms with Crippen molar-refractivity contribution in [2.45, 2.75) is 25.9 Å². The first-order chi connectivity index (χ1) is 15.2. The summed E-state index contributed by atoms with van der Waals surface area (Å²) in [4.78, 5) is 39.4. The number of nitrogens with zero attached hydrogens (tertiary/aromatic N) is 3. The summed E-state index contributed by atoms with van der Waals surface area (Å²) in [7, 11) is 0. The summed E-state index contributed by atoms with van der Waals surface area (Å²) in [5.74, 6) is 0.310. The zero-order valence-corrected chi connectivity index (χ0v) is 17.2. The monoisotopic (exact) mass is 446 g/mol. The molecule has 0 saturated carbocycles. The lowest BCUT2D eigenvalue weighted by atomic mass is 10.1. The Bertz CT molecular complexity index is 1120. The van der Waals surface area contributed by atoms with Crippen LogP contribution in [0.15, 0.2) is 47.5 Å². The van der Waals surface area contributed by atoms with E-state index in [1.165, 1.54) is 6.07 Å². The molecule has 0 saturated heterocycles. The molecule has 168 valence electrons. The number of aromatic nitrogens is 4. The van der Waals surface area contributed by atoms with Crippen LogP contribution >= 0.6 is 0 Å². The van der Waals surface area contributed by atoms with Crippen LogP contribution in [0.1, 0.15) is 23.2 Å². The molecule has 3 aromatic heterocycles. The molecule has 0 radical (unpaired) electrons. The Kier molecular flexibility index (Phi) is 7.18. The van der Waals surface area contributed by atoms with Crippen molar-refractivity contribution in [3.05, 3.63) is 69.9 Å². The second-order valence-corrected chi connectivity index (χ2v) is 6.93. The Hall–Kier alpha value is -3.76. The largest absolute Gasteiger partial charge is 0.417 e. The molecule has 0 spiro atoms. The Morgan fingerprint density at radius 1 is 1.12 bits per heavy atom. The summed E-state index contributed by atoms with van der Waals surface area (Å²) < 4.78 is 37.6. The fourth-order valence-corrected chi connectivity index (χ4v) is 2.86. The van der Waals surface area contributed by atoms with E-state index in [2.05, 4.69) is 30.6 Å². The van der Waals surface area contributed by atoms with Crippen LogP contribution in [0.4, 0.5) is 19.0 Å². The second-order valence-electron chi connectivity index (χ2n) is 6.93. The van der Waals surface area contributed by atoms with Gasteiger partial charge in [0, 0.05) is 36.7 Å². The number of anilines is 1. The number of carbonyl (C=O) groups is 1. The van der Waals surface area contributed by atoms with E-state index >= 15 is 0 Å². The van der Waals surface area contributed by atoms with Crippen molar-refractivity contribution in [3.8, 4) is 11.5 Å². The maximum atomic E-state index is 12.5. The van der Waals surface area contributed by atoms with Crippen molar-refractivity contribution in [3.63, 3.8) is 0 Å². The zero-order chi connectivity index (χ0) is 23.1. The molecule has 32 heavy (non-hydrogen) atoms. The van der Waals surface area contributed by atoms with Gasteiger partial charge in [0.25, 0.3) is 5.56 Å². The summed E-state index contributed by atoms with van der Waals surface area (Å²) in [5, 5.41) is 5.59. The molecule has 0 aliphatic rings. The number of pyridine rings is 2. The standard InChI is InChI=1S/C21H21F3N6O2/c1-13-15(20(32)30-19(29-13)16-5-2-3-8-25-16)11-18(31)27-10-4-9-26-17-7-6-14(12-28-17)21(22,23)24/h2-3,5-8,12H,4,9-11H2,1H3,(H,26,28)(H,27,31)(H,29,30,32). The van der Waals surface area contributed by atoms with E-state index in [-0.39, 0.29) is 17.9 Å². The number of H-pyrrole nitrogens is 1. The number of carbonyl (C=O) groups excluding carboxylic acids is 1. The summed E-state index contributed by atoms with van der Waals surface area (Å²) in [5.41, 5.74) is 0.0269. The van der Waals surface area contributed by atoms with Gasteiger partial charge in [0.1, 0.15) is 11.5 Å². The topological polar surface area (TPSA) is 113 Å². The first kappa shape index (κ1) is 22.9. The van der Waals surface area contributed by atoms with Gasteiger partial charge in [0.15, 0.2) is 5.82 Å². The van der Waals surface area contributed by atoms with Crippen molar-refractivity contribution < 1.29 is 18.0 Å². The van der Waals surface area contributed by atoms with Gasteiger partial charge in [-0.1, -0.05) is 6.07 Å². The van der Waals surface area contributed by atoms with Crippen molar-refractivity contribution in [2.75, 3.05) is 18.4 Å². The first-order valence-corrected chi connectivity index (χ1v) is 9.79. The van der Waals surface area contributed by atoms with Gasteiger partial charge in [-0.2, -0.15) is 13.2 Å². The number of hydrogen-bond acceptors (Lipinski definition) is 6. The highest BCUT2D eigenvalue weighted by Crippen LogP contribution is 2.28. The third-order valence-corrected chi connectivity index (χ3v) is 4.54. The molecule has 3 heterocycles. The van der Waals surface area contributed by atoms with E-state index in [4.69, 9.17) is 0 Å². The van der Waals surface area contributed by atoms with Gasteiger partial charge in [-0.05, 0) is 37.6 Å². The summed E-state index contributed by atoms with van der Waals surface area (Å²) in [6.07, 6.45) is -1.68. The van der Waals surface area contributed by atoms with Gasteiger partial charge in [0.2, 0.25) is 5.91 Å². The van der Waals surface area contributed by atoms with Crippen LogP contribution in [0.5, 0.6) is 0 Å². The van der Waals surface area contributed by atoms with E-state index < -0.39 is 17.3 Å². The molecule has 3 N–H and O–H groups in total. The molecule has 0 aliphatic heterocycles. The Labute approximate surface area is 181 Å². The Morgan fingerprint density at radius 3 is 2.56 bits per heavy atom. The zero-order valence-electron chi connectivity index (χ0n) is 17.2. The number of amides is 1. The highest BCUT2D eigenvalue weighted by atomic mass is 19.4. The predicted octanol–water partition coefficient (Wildman–Crippen LogP) is 2.72. The van der Waals surface area contributed by atoms with E-state index in [9.17, 15) is 22.8 Å². The maximum Gasteiger partial charge on any atom is 0.417 e. The van der Waals surface area contributed by atoms with Crippen LogP contribution in [-0.4, -0.2) is 38.9 Å². The molecule has 3 rings (SSSR count). The van der Waals surface area contributed by atoms with Crippen molar-refractivity contribution in [2.24, 2.45) is 0 Å². The normalized spacial score (nSPS) is 11.2. The molecular weight excluding hydrogens is 425 g/mol. The van der Waals surface area contributed by atoms with Gasteiger partial charge in [-0.3, -0.25) is 14.6 Å².